The monoisotopic (exact) mass is 422 g/mol. The molecule has 0 aromatic rings. The molecule has 0 saturated carbocycles. The van der Waals surface area contributed by atoms with Gasteiger partial charge in [0.2, 0.25) is 0 Å². The first kappa shape index (κ1) is 32.2. The van der Waals surface area contributed by atoms with E-state index in [9.17, 15) is 14.4 Å². The quantitative estimate of drug-likeness (QED) is 0.255. The second-order valence-corrected chi connectivity index (χ2v) is 6.32. The summed E-state index contributed by atoms with van der Waals surface area (Å²) >= 11 is 0. The van der Waals surface area contributed by atoms with Crippen LogP contribution in [0.1, 0.15) is 85.0 Å². The largest absolute Gasteiger partial charge is 0.481 e. The van der Waals surface area contributed by atoms with Crippen molar-refractivity contribution in [2.75, 3.05) is 33.0 Å². The van der Waals surface area contributed by atoms with Gasteiger partial charge in [0.1, 0.15) is 13.2 Å². The number of ketones is 1. The molecule has 174 valence electrons. The average Bonchev–Trinajstić information content (AvgIpc) is 2.68. The number of carbonyl (C=O) groups is 3. The molecule has 0 aliphatic rings. The van der Waals surface area contributed by atoms with Gasteiger partial charge in [-0.05, 0) is 19.3 Å². The number of esters is 1. The van der Waals surface area contributed by atoms with E-state index >= 15 is 0 Å². The minimum absolute atomic E-state index is 0.125. The molecule has 0 aliphatic carbocycles. The number of rotatable bonds is 16. The van der Waals surface area contributed by atoms with Crippen LogP contribution < -0.4 is 0 Å². The SMILES string of the molecule is CCCC(=O)O.CCCCCC(=O)COCCOC(=O)CCCCC.OCCO. The Bertz CT molecular complexity index is 346. The highest BCUT2D eigenvalue weighted by Gasteiger charge is 2.04. The van der Waals surface area contributed by atoms with Crippen LogP contribution in [0.15, 0.2) is 0 Å². The van der Waals surface area contributed by atoms with E-state index in [-0.39, 0.29) is 38.2 Å². The first-order chi connectivity index (χ1) is 13.9. The number of hydrogen-bond acceptors (Lipinski definition) is 7. The number of aliphatic hydroxyl groups is 2. The van der Waals surface area contributed by atoms with Gasteiger partial charge < -0.3 is 24.8 Å². The zero-order valence-corrected chi connectivity index (χ0v) is 18.5. The summed E-state index contributed by atoms with van der Waals surface area (Å²) in [6.07, 6.45) is 8.25. The maximum Gasteiger partial charge on any atom is 0.305 e. The van der Waals surface area contributed by atoms with E-state index in [1.54, 1.807) is 0 Å². The van der Waals surface area contributed by atoms with Crippen LogP contribution in [0.3, 0.4) is 0 Å². The van der Waals surface area contributed by atoms with E-state index in [1.807, 2.05) is 6.92 Å². The number of aliphatic hydroxyl groups excluding tert-OH is 2. The molecule has 8 nitrogen and oxygen atoms in total. The molecule has 0 radical (unpaired) electrons. The molecule has 0 aromatic heterocycles. The third-order valence-electron chi connectivity index (χ3n) is 3.36. The van der Waals surface area contributed by atoms with Gasteiger partial charge in [-0.15, -0.1) is 0 Å². The molecule has 0 unspecified atom stereocenters. The molecule has 0 aliphatic heterocycles. The van der Waals surface area contributed by atoms with Gasteiger partial charge in [0, 0.05) is 19.3 Å². The van der Waals surface area contributed by atoms with Crippen molar-refractivity contribution in [1.82, 2.24) is 0 Å². The Labute approximate surface area is 175 Å². The second kappa shape index (κ2) is 28.7. The Hall–Kier alpha value is -1.51. The number of Topliss-reactive ketones (excluding diaryl/α,β-unsaturated/α-hetero) is 1. The molecule has 0 saturated heterocycles. The first-order valence-electron chi connectivity index (χ1n) is 10.6. The van der Waals surface area contributed by atoms with Crippen LogP contribution in [0.5, 0.6) is 0 Å². The first-order valence-corrected chi connectivity index (χ1v) is 10.6. The maximum absolute atomic E-state index is 11.4. The predicted molar refractivity (Wildman–Crippen MR) is 112 cm³/mol. The second-order valence-electron chi connectivity index (χ2n) is 6.32. The zero-order chi connectivity index (χ0) is 22.8. The summed E-state index contributed by atoms with van der Waals surface area (Å²) in [5.41, 5.74) is 0. The molecule has 0 bridgehead atoms. The van der Waals surface area contributed by atoms with E-state index in [1.165, 1.54) is 0 Å². The molecular weight excluding hydrogens is 380 g/mol. The van der Waals surface area contributed by atoms with Gasteiger partial charge in [-0.25, -0.2) is 0 Å². The lowest BCUT2D eigenvalue weighted by atomic mass is 10.1. The number of carboxylic acid groups (broad SMARTS) is 1. The Morgan fingerprint density at radius 3 is 1.69 bits per heavy atom. The van der Waals surface area contributed by atoms with Gasteiger partial charge in [0.15, 0.2) is 5.78 Å². The normalized spacial score (nSPS) is 9.55. The van der Waals surface area contributed by atoms with Gasteiger partial charge in [0.05, 0.1) is 19.8 Å². The number of carboxylic acids is 1. The van der Waals surface area contributed by atoms with Crippen LogP contribution in [0, 0.1) is 0 Å². The van der Waals surface area contributed by atoms with E-state index < -0.39 is 5.97 Å². The van der Waals surface area contributed by atoms with E-state index in [4.69, 9.17) is 24.8 Å². The molecule has 8 heteroatoms. The molecule has 0 atom stereocenters. The molecule has 29 heavy (non-hydrogen) atoms. The Morgan fingerprint density at radius 2 is 1.28 bits per heavy atom. The lowest BCUT2D eigenvalue weighted by Crippen LogP contribution is -2.14. The number of aliphatic carboxylic acids is 1. The van der Waals surface area contributed by atoms with Crippen LogP contribution >= 0.6 is 0 Å². The fourth-order valence-electron chi connectivity index (χ4n) is 1.85. The van der Waals surface area contributed by atoms with Crippen LogP contribution in [0.4, 0.5) is 0 Å². The van der Waals surface area contributed by atoms with Crippen molar-refractivity contribution in [3.05, 3.63) is 0 Å². The number of carbonyl (C=O) groups excluding carboxylic acids is 2. The Balaban J connectivity index is -0.000000556. The number of hydrogen-bond donors (Lipinski definition) is 3. The average molecular weight is 423 g/mol. The Morgan fingerprint density at radius 1 is 0.724 bits per heavy atom. The maximum atomic E-state index is 11.4. The van der Waals surface area contributed by atoms with Crippen molar-refractivity contribution in [3.63, 3.8) is 0 Å². The van der Waals surface area contributed by atoms with Gasteiger partial charge in [0.25, 0.3) is 0 Å². The van der Waals surface area contributed by atoms with Crippen molar-refractivity contribution in [3.8, 4) is 0 Å². The molecule has 0 spiro atoms. The topological polar surface area (TPSA) is 130 Å². The lowest BCUT2D eigenvalue weighted by Gasteiger charge is -2.05. The molecule has 0 amide bonds. The van der Waals surface area contributed by atoms with Crippen molar-refractivity contribution in [2.24, 2.45) is 0 Å². The molecular formula is C21H42O8. The van der Waals surface area contributed by atoms with Crippen LogP contribution in [0.2, 0.25) is 0 Å². The summed E-state index contributed by atoms with van der Waals surface area (Å²) in [4.78, 5) is 32.2. The number of unbranched alkanes of at least 4 members (excludes halogenated alkanes) is 4. The third kappa shape index (κ3) is 37.8. The van der Waals surface area contributed by atoms with Crippen molar-refractivity contribution >= 4 is 17.7 Å². The van der Waals surface area contributed by atoms with E-state index in [0.717, 1.165) is 44.9 Å². The standard InChI is InChI=1S/C15H28O4.C4H8O2.C2H6O2/c1-3-5-7-9-14(16)13-18-11-12-19-15(17)10-8-6-4-2;1-2-3-4(5)6;3-1-2-4/h3-13H2,1-2H3;2-3H2,1H3,(H,5,6);3-4H,1-2H2. The fraction of sp³-hybridized carbons (Fsp3) is 0.857. The van der Waals surface area contributed by atoms with E-state index in [2.05, 4.69) is 13.8 Å². The van der Waals surface area contributed by atoms with Crippen LogP contribution in [-0.2, 0) is 23.9 Å². The summed E-state index contributed by atoms with van der Waals surface area (Å²) < 4.78 is 10.2. The smallest absolute Gasteiger partial charge is 0.305 e. The van der Waals surface area contributed by atoms with Crippen molar-refractivity contribution in [1.29, 1.82) is 0 Å². The van der Waals surface area contributed by atoms with Gasteiger partial charge in [-0.1, -0.05) is 46.5 Å². The predicted octanol–water partition coefficient (Wildman–Crippen LogP) is 3.12. The van der Waals surface area contributed by atoms with Crippen LogP contribution in [-0.4, -0.2) is 66.1 Å². The third-order valence-corrected chi connectivity index (χ3v) is 3.36. The minimum atomic E-state index is -0.711. The molecule has 0 aromatic carbocycles. The highest BCUT2D eigenvalue weighted by molar-refractivity contribution is 5.79. The molecule has 3 N–H and O–H groups in total. The fourth-order valence-corrected chi connectivity index (χ4v) is 1.85. The minimum Gasteiger partial charge on any atom is -0.481 e. The summed E-state index contributed by atoms with van der Waals surface area (Å²) in [7, 11) is 0. The summed E-state index contributed by atoms with van der Waals surface area (Å²) in [5, 5.41) is 23.2. The van der Waals surface area contributed by atoms with Crippen LogP contribution in [0.25, 0.3) is 0 Å². The van der Waals surface area contributed by atoms with Gasteiger partial charge in [-0.3, -0.25) is 14.4 Å². The van der Waals surface area contributed by atoms with Gasteiger partial charge >= 0.3 is 11.9 Å². The molecule has 0 heterocycles. The van der Waals surface area contributed by atoms with E-state index in [0.29, 0.717) is 25.9 Å². The van der Waals surface area contributed by atoms with Crippen molar-refractivity contribution in [2.45, 2.75) is 85.0 Å². The Kier molecular flexibility index (Phi) is 31.8. The lowest BCUT2D eigenvalue weighted by molar-refractivity contribution is -0.145. The summed E-state index contributed by atoms with van der Waals surface area (Å²) in [6.45, 7) is 6.48. The molecule has 0 fully saturated rings. The molecule has 0 rings (SSSR count). The zero-order valence-electron chi connectivity index (χ0n) is 18.5. The number of ether oxygens (including phenoxy) is 2. The van der Waals surface area contributed by atoms with Crippen molar-refractivity contribution < 1.29 is 39.2 Å². The van der Waals surface area contributed by atoms with Gasteiger partial charge in [-0.2, -0.15) is 0 Å². The summed E-state index contributed by atoms with van der Waals surface area (Å²) in [5.74, 6) is -0.758. The highest BCUT2D eigenvalue weighted by atomic mass is 16.6. The summed E-state index contributed by atoms with van der Waals surface area (Å²) in [6, 6.07) is 0. The highest BCUT2D eigenvalue weighted by Crippen LogP contribution is 2.01.